The average Bonchev–Trinajstić information content (AvgIpc) is 2.71. The van der Waals surface area contributed by atoms with Crippen LogP contribution in [0.15, 0.2) is 18.3 Å². The Labute approximate surface area is 112 Å². The number of thiophene rings is 1. The molecule has 2 heterocycles. The first-order valence-corrected chi connectivity index (χ1v) is 7.25. The van der Waals surface area contributed by atoms with Crippen molar-refractivity contribution in [3.63, 3.8) is 0 Å². The van der Waals surface area contributed by atoms with E-state index in [1.165, 1.54) is 4.88 Å². The minimum Gasteiger partial charge on any atom is -0.466 e. The van der Waals surface area contributed by atoms with E-state index < -0.39 is 0 Å². The Morgan fingerprint density at radius 2 is 2.35 bits per heavy atom. The molecular weight excluding hydrogens is 302 g/mol. The van der Waals surface area contributed by atoms with Crippen molar-refractivity contribution in [3.8, 4) is 0 Å². The van der Waals surface area contributed by atoms with Crippen molar-refractivity contribution >= 4 is 43.5 Å². The zero-order chi connectivity index (χ0) is 12.3. The van der Waals surface area contributed by atoms with Crippen LogP contribution < -0.4 is 0 Å². The number of carbonyl (C=O) groups is 1. The van der Waals surface area contributed by atoms with Crippen molar-refractivity contribution in [2.24, 2.45) is 0 Å². The molecule has 0 aromatic carbocycles. The summed E-state index contributed by atoms with van der Waals surface area (Å²) in [7, 11) is 0. The zero-order valence-electron chi connectivity index (χ0n) is 9.40. The lowest BCUT2D eigenvalue weighted by Crippen LogP contribution is -2.07. The van der Waals surface area contributed by atoms with Gasteiger partial charge in [-0.25, -0.2) is 4.98 Å². The number of fused-ring (bicyclic) bond motifs is 1. The average molecular weight is 314 g/mol. The number of rotatable bonds is 4. The fraction of sp³-hybridized carbons (Fsp3) is 0.333. The van der Waals surface area contributed by atoms with E-state index in [4.69, 9.17) is 4.74 Å². The summed E-state index contributed by atoms with van der Waals surface area (Å²) >= 11 is 5.08. The quantitative estimate of drug-likeness (QED) is 0.642. The van der Waals surface area contributed by atoms with Gasteiger partial charge in [0.05, 0.1) is 13.0 Å². The van der Waals surface area contributed by atoms with Gasteiger partial charge in [0.15, 0.2) is 0 Å². The molecule has 0 bridgehead atoms. The van der Waals surface area contributed by atoms with Gasteiger partial charge in [0, 0.05) is 21.8 Å². The molecule has 5 heteroatoms. The smallest absolute Gasteiger partial charge is 0.310 e. The second-order valence-corrected chi connectivity index (χ2v) is 5.24. The molecule has 0 saturated carbocycles. The summed E-state index contributed by atoms with van der Waals surface area (Å²) in [5.74, 6) is -0.204. The third-order valence-corrected chi connectivity index (χ3v) is 4.30. The van der Waals surface area contributed by atoms with Gasteiger partial charge in [-0.2, -0.15) is 0 Å². The summed E-state index contributed by atoms with van der Waals surface area (Å²) in [5.41, 5.74) is 0.898. The maximum atomic E-state index is 11.4. The fourth-order valence-corrected chi connectivity index (χ4v) is 2.91. The highest BCUT2D eigenvalue weighted by Gasteiger charge is 2.07. The predicted molar refractivity (Wildman–Crippen MR) is 72.6 cm³/mol. The number of esters is 1. The molecule has 0 unspecified atom stereocenters. The van der Waals surface area contributed by atoms with Crippen LogP contribution in [-0.4, -0.2) is 17.6 Å². The Balaban J connectivity index is 2.21. The lowest BCUT2D eigenvalue weighted by molar-refractivity contribution is -0.142. The van der Waals surface area contributed by atoms with Crippen molar-refractivity contribution in [1.29, 1.82) is 0 Å². The van der Waals surface area contributed by atoms with Crippen LogP contribution in [0.1, 0.15) is 17.4 Å². The first-order valence-electron chi connectivity index (χ1n) is 5.32. The lowest BCUT2D eigenvalue weighted by atomic mass is 10.2. The summed E-state index contributed by atoms with van der Waals surface area (Å²) in [6, 6.07) is 4.10. The third kappa shape index (κ3) is 3.04. The second kappa shape index (κ2) is 5.60. The molecule has 0 aliphatic heterocycles. The number of halogens is 1. The molecule has 17 heavy (non-hydrogen) atoms. The Morgan fingerprint density at radius 1 is 1.53 bits per heavy atom. The van der Waals surface area contributed by atoms with Crippen LogP contribution in [0.5, 0.6) is 0 Å². The molecule has 0 fully saturated rings. The maximum Gasteiger partial charge on any atom is 0.310 e. The van der Waals surface area contributed by atoms with Gasteiger partial charge in [-0.05, 0) is 24.6 Å². The molecule has 3 nitrogen and oxygen atoms in total. The molecule has 90 valence electrons. The maximum absolute atomic E-state index is 11.4. The number of hydrogen-bond donors (Lipinski definition) is 0. The first-order chi connectivity index (χ1) is 8.22. The van der Waals surface area contributed by atoms with E-state index in [0.717, 1.165) is 21.1 Å². The van der Waals surface area contributed by atoms with E-state index >= 15 is 0 Å². The van der Waals surface area contributed by atoms with Crippen LogP contribution in [0.4, 0.5) is 0 Å². The summed E-state index contributed by atoms with van der Waals surface area (Å²) in [5, 5.41) is 1.92. The van der Waals surface area contributed by atoms with Crippen molar-refractivity contribution in [2.75, 3.05) is 6.61 Å². The van der Waals surface area contributed by atoms with E-state index in [1.807, 2.05) is 6.07 Å². The fourth-order valence-electron chi connectivity index (χ4n) is 1.57. The number of alkyl halides is 1. The van der Waals surface area contributed by atoms with Gasteiger partial charge in [-0.15, -0.1) is 11.3 Å². The molecule has 0 spiro atoms. The molecule has 0 saturated heterocycles. The van der Waals surface area contributed by atoms with Crippen LogP contribution in [0, 0.1) is 0 Å². The number of hydrogen-bond acceptors (Lipinski definition) is 4. The zero-order valence-corrected chi connectivity index (χ0v) is 11.8. The minimum atomic E-state index is -0.204. The first kappa shape index (κ1) is 12.5. The van der Waals surface area contributed by atoms with Gasteiger partial charge in [0.1, 0.15) is 4.83 Å². The molecule has 2 rings (SSSR count). The highest BCUT2D eigenvalue weighted by molar-refractivity contribution is 9.08. The van der Waals surface area contributed by atoms with Crippen molar-refractivity contribution in [1.82, 2.24) is 4.98 Å². The standard InChI is InChI=1S/C12H12BrNO2S/c1-2-16-11(15)4-8-3-9-5-10(6-13)17-12(9)14-7-8/h3,5,7H,2,4,6H2,1H3. The largest absolute Gasteiger partial charge is 0.466 e. The molecule has 0 amide bonds. The Bertz CT molecular complexity index is 538. The van der Waals surface area contributed by atoms with Gasteiger partial charge in [-0.1, -0.05) is 15.9 Å². The Morgan fingerprint density at radius 3 is 3.06 bits per heavy atom. The molecule has 2 aromatic heterocycles. The monoisotopic (exact) mass is 313 g/mol. The molecule has 0 aliphatic carbocycles. The third-order valence-electron chi connectivity index (χ3n) is 2.27. The Hall–Kier alpha value is -0.940. The van der Waals surface area contributed by atoms with Gasteiger partial charge in [0.25, 0.3) is 0 Å². The van der Waals surface area contributed by atoms with Crippen molar-refractivity contribution in [2.45, 2.75) is 18.7 Å². The van der Waals surface area contributed by atoms with Gasteiger partial charge in [0.2, 0.25) is 0 Å². The van der Waals surface area contributed by atoms with Crippen LogP contribution in [0.3, 0.4) is 0 Å². The number of aromatic nitrogens is 1. The van der Waals surface area contributed by atoms with E-state index in [2.05, 4.69) is 27.0 Å². The number of ether oxygens (including phenoxy) is 1. The molecule has 0 radical (unpaired) electrons. The SMILES string of the molecule is CCOC(=O)Cc1cnc2sc(CBr)cc2c1. The summed E-state index contributed by atoms with van der Waals surface area (Å²) in [4.78, 5) is 18.0. The second-order valence-electron chi connectivity index (χ2n) is 3.57. The molecule has 0 atom stereocenters. The molecule has 0 aliphatic rings. The van der Waals surface area contributed by atoms with E-state index in [-0.39, 0.29) is 12.4 Å². The Kier molecular flexibility index (Phi) is 4.12. The van der Waals surface area contributed by atoms with Gasteiger partial charge < -0.3 is 4.74 Å². The molecule has 0 N–H and O–H groups in total. The highest BCUT2D eigenvalue weighted by Crippen LogP contribution is 2.26. The highest BCUT2D eigenvalue weighted by atomic mass is 79.9. The van der Waals surface area contributed by atoms with Crippen LogP contribution in [-0.2, 0) is 21.3 Å². The molecular formula is C12H12BrNO2S. The van der Waals surface area contributed by atoms with Gasteiger partial charge in [-0.3, -0.25) is 4.79 Å². The summed E-state index contributed by atoms with van der Waals surface area (Å²) < 4.78 is 4.91. The van der Waals surface area contributed by atoms with Crippen LogP contribution >= 0.6 is 27.3 Å². The molecule has 2 aromatic rings. The van der Waals surface area contributed by atoms with E-state index in [0.29, 0.717) is 6.61 Å². The summed E-state index contributed by atoms with van der Waals surface area (Å²) in [6.07, 6.45) is 2.03. The predicted octanol–water partition coefficient (Wildman–Crippen LogP) is 3.30. The summed E-state index contributed by atoms with van der Waals surface area (Å²) in [6.45, 7) is 2.22. The number of nitrogens with zero attached hydrogens (tertiary/aromatic N) is 1. The van der Waals surface area contributed by atoms with Crippen LogP contribution in [0.25, 0.3) is 10.2 Å². The van der Waals surface area contributed by atoms with Crippen molar-refractivity contribution in [3.05, 3.63) is 28.8 Å². The van der Waals surface area contributed by atoms with E-state index in [1.54, 1.807) is 24.5 Å². The van der Waals surface area contributed by atoms with Gasteiger partial charge >= 0.3 is 5.97 Å². The van der Waals surface area contributed by atoms with Crippen LogP contribution in [0.2, 0.25) is 0 Å². The number of carbonyl (C=O) groups excluding carboxylic acids is 1. The normalized spacial score (nSPS) is 10.7. The minimum absolute atomic E-state index is 0.204. The van der Waals surface area contributed by atoms with E-state index in [9.17, 15) is 4.79 Å². The topological polar surface area (TPSA) is 39.2 Å². The number of pyridine rings is 1. The lowest BCUT2D eigenvalue weighted by Gasteiger charge is -2.01. The van der Waals surface area contributed by atoms with Crippen molar-refractivity contribution < 1.29 is 9.53 Å².